The highest BCUT2D eigenvalue weighted by molar-refractivity contribution is 5.85. The normalized spacial score (nSPS) is 6.57. The van der Waals surface area contributed by atoms with Crippen LogP contribution in [0.5, 0.6) is 0 Å². The smallest absolute Gasteiger partial charge is 0.187 e. The molecule has 0 unspecified atom stereocenters. The maximum absolute atomic E-state index is 6.65. The summed E-state index contributed by atoms with van der Waals surface area (Å²) in [6, 6.07) is 0. The summed E-state index contributed by atoms with van der Waals surface area (Å²) in [4.78, 5) is 1.53. The molecule has 0 aromatic heterocycles. The lowest BCUT2D eigenvalue weighted by molar-refractivity contribution is 0.609. The summed E-state index contributed by atoms with van der Waals surface area (Å²) in [5.41, 5.74) is 4.94. The van der Waals surface area contributed by atoms with Crippen molar-refractivity contribution in [3.05, 3.63) is 0 Å². The third-order valence-corrected chi connectivity index (χ3v) is 0.482. The predicted molar refractivity (Wildman–Crippen MR) is 32.8 cm³/mol. The van der Waals surface area contributed by atoms with Crippen molar-refractivity contribution < 1.29 is 0 Å². The molecule has 4 heteroatoms. The van der Waals surface area contributed by atoms with Crippen LogP contribution < -0.4 is 5.73 Å². The van der Waals surface area contributed by atoms with Gasteiger partial charge in [-0.05, 0) is 0 Å². The number of hydrogen-bond acceptors (Lipinski definition) is 1. The minimum Gasteiger partial charge on any atom is -0.370 e. The van der Waals surface area contributed by atoms with Gasteiger partial charge in [0, 0.05) is 14.1 Å². The van der Waals surface area contributed by atoms with E-state index in [0.29, 0.717) is 0 Å². The SMILES string of the molecule is CN(C)C(=N)N.Cl. The monoisotopic (exact) mass is 123 g/mol. The highest BCUT2D eigenvalue weighted by Gasteiger charge is 1.82. The molecular weight excluding hydrogens is 114 g/mol. The topological polar surface area (TPSA) is 53.1 Å². The van der Waals surface area contributed by atoms with Crippen LogP contribution in [-0.2, 0) is 0 Å². The van der Waals surface area contributed by atoms with Crippen molar-refractivity contribution in [2.24, 2.45) is 5.73 Å². The molecule has 0 aliphatic rings. The first kappa shape index (κ1) is 9.75. The van der Waals surface area contributed by atoms with E-state index >= 15 is 0 Å². The van der Waals surface area contributed by atoms with Gasteiger partial charge in [-0.25, -0.2) is 0 Å². The second-order valence-corrected chi connectivity index (χ2v) is 1.28. The standard InChI is InChI=1S/C3H9N3.ClH/c1-6(2)3(4)5;/h1-2H3,(H3,4,5);1H. The van der Waals surface area contributed by atoms with Crippen LogP contribution in [0.15, 0.2) is 0 Å². The molecule has 0 rings (SSSR count). The lowest BCUT2D eigenvalue weighted by Crippen LogP contribution is -2.28. The lowest BCUT2D eigenvalue weighted by atomic mass is 10.8. The van der Waals surface area contributed by atoms with Gasteiger partial charge in [0.15, 0.2) is 5.96 Å². The van der Waals surface area contributed by atoms with Crippen LogP contribution in [0, 0.1) is 5.41 Å². The molecule has 0 aliphatic heterocycles. The summed E-state index contributed by atoms with van der Waals surface area (Å²) < 4.78 is 0. The second-order valence-electron chi connectivity index (χ2n) is 1.28. The first-order chi connectivity index (χ1) is 2.64. The average Bonchev–Trinajstić information content (AvgIpc) is 1.36. The molecule has 0 aromatic rings. The van der Waals surface area contributed by atoms with Crippen LogP contribution in [-0.4, -0.2) is 25.0 Å². The van der Waals surface area contributed by atoms with Gasteiger partial charge in [0.2, 0.25) is 0 Å². The predicted octanol–water partition coefficient (Wildman–Crippen LogP) is -0.137. The molecule has 0 radical (unpaired) electrons. The van der Waals surface area contributed by atoms with Gasteiger partial charge in [0.1, 0.15) is 0 Å². The zero-order chi connectivity index (χ0) is 5.15. The van der Waals surface area contributed by atoms with E-state index in [2.05, 4.69) is 0 Å². The van der Waals surface area contributed by atoms with E-state index in [4.69, 9.17) is 11.1 Å². The Morgan fingerprint density at radius 1 is 1.57 bits per heavy atom. The Morgan fingerprint density at radius 2 is 1.71 bits per heavy atom. The van der Waals surface area contributed by atoms with E-state index in [1.54, 1.807) is 14.1 Å². The van der Waals surface area contributed by atoms with Crippen molar-refractivity contribution in [3.63, 3.8) is 0 Å². The molecule has 44 valence electrons. The fourth-order valence-electron chi connectivity index (χ4n) is 0. The Labute approximate surface area is 49.4 Å². The first-order valence-electron chi connectivity index (χ1n) is 1.66. The minimum atomic E-state index is 0. The maximum Gasteiger partial charge on any atom is 0.187 e. The van der Waals surface area contributed by atoms with Crippen LogP contribution in [0.4, 0.5) is 0 Å². The largest absolute Gasteiger partial charge is 0.370 e. The van der Waals surface area contributed by atoms with E-state index in [0.717, 1.165) is 0 Å². The van der Waals surface area contributed by atoms with Gasteiger partial charge < -0.3 is 10.6 Å². The average molecular weight is 124 g/mol. The molecular formula is C3H10ClN3. The van der Waals surface area contributed by atoms with Crippen LogP contribution in [0.25, 0.3) is 0 Å². The van der Waals surface area contributed by atoms with E-state index in [1.165, 1.54) is 4.90 Å². The summed E-state index contributed by atoms with van der Waals surface area (Å²) in [7, 11) is 3.45. The fraction of sp³-hybridized carbons (Fsp3) is 0.667. The number of guanidine groups is 1. The number of nitrogens with two attached hydrogens (primary N) is 1. The molecule has 0 aromatic carbocycles. The summed E-state index contributed by atoms with van der Waals surface area (Å²) in [6.07, 6.45) is 0. The molecule has 7 heavy (non-hydrogen) atoms. The third-order valence-electron chi connectivity index (χ3n) is 0.482. The summed E-state index contributed by atoms with van der Waals surface area (Å²) in [6.45, 7) is 0. The Hall–Kier alpha value is -0.440. The zero-order valence-electron chi connectivity index (χ0n) is 4.43. The Morgan fingerprint density at radius 3 is 1.71 bits per heavy atom. The van der Waals surface area contributed by atoms with Gasteiger partial charge in [-0.15, -0.1) is 12.4 Å². The molecule has 0 bridgehead atoms. The van der Waals surface area contributed by atoms with Gasteiger partial charge >= 0.3 is 0 Å². The molecule has 0 saturated heterocycles. The summed E-state index contributed by atoms with van der Waals surface area (Å²) in [5, 5.41) is 6.65. The van der Waals surface area contributed by atoms with Gasteiger partial charge in [0.25, 0.3) is 0 Å². The number of hydrogen-bond donors (Lipinski definition) is 2. The van der Waals surface area contributed by atoms with Crippen LogP contribution in [0.1, 0.15) is 0 Å². The van der Waals surface area contributed by atoms with Crippen LogP contribution >= 0.6 is 12.4 Å². The van der Waals surface area contributed by atoms with Crippen molar-refractivity contribution in [1.82, 2.24) is 4.90 Å². The van der Waals surface area contributed by atoms with E-state index < -0.39 is 0 Å². The van der Waals surface area contributed by atoms with Gasteiger partial charge in [-0.3, -0.25) is 5.41 Å². The van der Waals surface area contributed by atoms with Crippen molar-refractivity contribution >= 4 is 18.4 Å². The van der Waals surface area contributed by atoms with E-state index in [1.807, 2.05) is 0 Å². The fourth-order valence-corrected chi connectivity index (χ4v) is 0. The Kier molecular flexibility index (Phi) is 5.21. The highest BCUT2D eigenvalue weighted by Crippen LogP contribution is 1.62. The number of nitrogens with zero attached hydrogens (tertiary/aromatic N) is 1. The summed E-state index contributed by atoms with van der Waals surface area (Å²) >= 11 is 0. The Balaban J connectivity index is 0. The van der Waals surface area contributed by atoms with Gasteiger partial charge in [0.05, 0.1) is 0 Å². The van der Waals surface area contributed by atoms with Crippen molar-refractivity contribution in [2.75, 3.05) is 14.1 Å². The maximum atomic E-state index is 6.65. The van der Waals surface area contributed by atoms with E-state index in [-0.39, 0.29) is 18.4 Å². The second kappa shape index (κ2) is 3.74. The summed E-state index contributed by atoms with van der Waals surface area (Å²) in [5.74, 6) is 0.0926. The van der Waals surface area contributed by atoms with E-state index in [9.17, 15) is 0 Å². The molecule has 0 amide bonds. The molecule has 0 spiro atoms. The molecule has 3 N–H and O–H groups in total. The number of rotatable bonds is 0. The molecule has 0 fully saturated rings. The first-order valence-corrected chi connectivity index (χ1v) is 1.66. The van der Waals surface area contributed by atoms with Crippen LogP contribution in [0.2, 0.25) is 0 Å². The van der Waals surface area contributed by atoms with Crippen molar-refractivity contribution in [1.29, 1.82) is 5.41 Å². The van der Waals surface area contributed by atoms with Crippen LogP contribution in [0.3, 0.4) is 0 Å². The van der Waals surface area contributed by atoms with Crippen molar-refractivity contribution in [2.45, 2.75) is 0 Å². The molecule has 0 aliphatic carbocycles. The zero-order valence-corrected chi connectivity index (χ0v) is 5.25. The molecule has 0 saturated carbocycles. The molecule has 3 nitrogen and oxygen atoms in total. The molecule has 0 heterocycles. The quantitative estimate of drug-likeness (QED) is 0.348. The van der Waals surface area contributed by atoms with Gasteiger partial charge in [-0.1, -0.05) is 0 Å². The number of halogens is 1. The Bertz CT molecular complexity index is 61.2. The van der Waals surface area contributed by atoms with Gasteiger partial charge in [-0.2, -0.15) is 0 Å². The third kappa shape index (κ3) is 5.56. The lowest BCUT2D eigenvalue weighted by Gasteiger charge is -2.05. The highest BCUT2D eigenvalue weighted by atomic mass is 35.5. The number of nitrogens with one attached hydrogen (secondary N) is 1. The minimum absolute atomic E-state index is 0. The van der Waals surface area contributed by atoms with Crippen molar-refractivity contribution in [3.8, 4) is 0 Å². The molecule has 0 atom stereocenters.